The second-order valence-corrected chi connectivity index (χ2v) is 8.49. The molecule has 0 atom stereocenters. The number of carbonyl (C=O) groups is 1. The number of nitrogens with one attached hydrogen (secondary N) is 2. The zero-order valence-corrected chi connectivity index (χ0v) is 20.2. The number of likely N-dealkylation sites (tertiary alicyclic amines) is 1. The van der Waals surface area contributed by atoms with E-state index in [0.717, 1.165) is 17.1 Å². The third-order valence-corrected chi connectivity index (χ3v) is 4.76. The molecule has 0 saturated carbocycles. The van der Waals surface area contributed by atoms with Gasteiger partial charge in [-0.15, -0.1) is 35.3 Å². The molecule has 3 heterocycles. The SMILES string of the molecule is CCNC(=NCc1coc(-c2cccs2)n1)NC1CN(C(=O)OC(C)(C)C)C1.I. The van der Waals surface area contributed by atoms with Crippen LogP contribution in [0.25, 0.3) is 10.8 Å². The lowest BCUT2D eigenvalue weighted by atomic mass is 10.1. The van der Waals surface area contributed by atoms with E-state index in [1.807, 2.05) is 45.2 Å². The van der Waals surface area contributed by atoms with Gasteiger partial charge in [0.15, 0.2) is 5.96 Å². The van der Waals surface area contributed by atoms with E-state index in [1.54, 1.807) is 22.5 Å². The Balaban J connectivity index is 0.00000300. The van der Waals surface area contributed by atoms with Crippen LogP contribution in [0.15, 0.2) is 33.2 Å². The number of carbonyl (C=O) groups excluding carboxylic acids is 1. The molecule has 2 aromatic heterocycles. The van der Waals surface area contributed by atoms with Crippen molar-refractivity contribution in [1.29, 1.82) is 0 Å². The molecule has 0 radical (unpaired) electrons. The minimum atomic E-state index is -0.481. The van der Waals surface area contributed by atoms with Gasteiger partial charge in [-0.1, -0.05) is 6.07 Å². The van der Waals surface area contributed by atoms with Gasteiger partial charge in [0.05, 0.1) is 17.5 Å². The van der Waals surface area contributed by atoms with Crippen LogP contribution >= 0.6 is 35.3 Å². The van der Waals surface area contributed by atoms with Crippen molar-refractivity contribution in [3.8, 4) is 10.8 Å². The predicted molar refractivity (Wildman–Crippen MR) is 125 cm³/mol. The molecule has 10 heteroatoms. The summed E-state index contributed by atoms with van der Waals surface area (Å²) in [6.45, 7) is 9.94. The molecule has 160 valence electrons. The Labute approximate surface area is 192 Å². The van der Waals surface area contributed by atoms with E-state index in [0.29, 0.717) is 31.5 Å². The van der Waals surface area contributed by atoms with Crippen molar-refractivity contribution in [2.45, 2.75) is 45.9 Å². The van der Waals surface area contributed by atoms with E-state index in [9.17, 15) is 4.79 Å². The molecule has 1 aliphatic rings. The third-order valence-electron chi connectivity index (χ3n) is 3.90. The zero-order valence-electron chi connectivity index (χ0n) is 17.1. The number of hydrogen-bond acceptors (Lipinski definition) is 6. The molecule has 2 aromatic rings. The van der Waals surface area contributed by atoms with Crippen molar-refractivity contribution in [1.82, 2.24) is 20.5 Å². The van der Waals surface area contributed by atoms with Crippen molar-refractivity contribution in [2.24, 2.45) is 4.99 Å². The molecule has 3 rings (SSSR count). The molecule has 0 aromatic carbocycles. The standard InChI is InChI=1S/C19H27N5O3S.HI/c1-5-20-17(23-14-10-24(11-14)18(25)27-19(2,3)4)21-9-13-12-26-16(22-13)15-7-6-8-28-15;/h6-8,12,14H,5,9-11H2,1-4H3,(H2,20,21,23);1H. The molecule has 0 aliphatic carbocycles. The molecule has 0 spiro atoms. The first-order valence-corrected chi connectivity index (χ1v) is 10.2. The number of halogens is 1. The number of oxazole rings is 1. The summed E-state index contributed by atoms with van der Waals surface area (Å²) in [5.41, 5.74) is 0.288. The van der Waals surface area contributed by atoms with E-state index < -0.39 is 5.60 Å². The van der Waals surface area contributed by atoms with Gasteiger partial charge in [0.2, 0.25) is 5.89 Å². The topological polar surface area (TPSA) is 92.0 Å². The van der Waals surface area contributed by atoms with E-state index >= 15 is 0 Å². The first-order chi connectivity index (χ1) is 13.3. The lowest BCUT2D eigenvalue weighted by Gasteiger charge is -2.40. The monoisotopic (exact) mass is 533 g/mol. The highest BCUT2D eigenvalue weighted by Crippen LogP contribution is 2.23. The number of nitrogens with zero attached hydrogens (tertiary/aromatic N) is 3. The van der Waals surface area contributed by atoms with Gasteiger partial charge >= 0.3 is 6.09 Å². The third kappa shape index (κ3) is 6.88. The highest BCUT2D eigenvalue weighted by molar-refractivity contribution is 14.0. The molecule has 8 nitrogen and oxygen atoms in total. The van der Waals surface area contributed by atoms with Crippen LogP contribution in [0.5, 0.6) is 0 Å². The minimum Gasteiger partial charge on any atom is -0.444 e. The van der Waals surface area contributed by atoms with Gasteiger partial charge in [0.1, 0.15) is 17.6 Å². The van der Waals surface area contributed by atoms with Crippen LogP contribution in [-0.2, 0) is 11.3 Å². The van der Waals surface area contributed by atoms with Crippen molar-refractivity contribution in [3.05, 3.63) is 29.5 Å². The molecule has 1 saturated heterocycles. The maximum Gasteiger partial charge on any atom is 0.410 e. The Morgan fingerprint density at radius 1 is 1.45 bits per heavy atom. The molecule has 1 fully saturated rings. The van der Waals surface area contributed by atoms with Crippen LogP contribution in [0.1, 0.15) is 33.4 Å². The van der Waals surface area contributed by atoms with Crippen molar-refractivity contribution in [2.75, 3.05) is 19.6 Å². The number of aliphatic imine (C=N–C) groups is 1. The number of aromatic nitrogens is 1. The Hall–Kier alpha value is -1.82. The number of thiophene rings is 1. The maximum absolute atomic E-state index is 12.0. The average molecular weight is 533 g/mol. The van der Waals surface area contributed by atoms with Crippen LogP contribution in [0.3, 0.4) is 0 Å². The molecule has 0 bridgehead atoms. The summed E-state index contributed by atoms with van der Waals surface area (Å²) < 4.78 is 10.9. The van der Waals surface area contributed by atoms with Crippen LogP contribution < -0.4 is 10.6 Å². The second-order valence-electron chi connectivity index (χ2n) is 7.54. The van der Waals surface area contributed by atoms with Gasteiger partial charge in [-0.2, -0.15) is 0 Å². The Morgan fingerprint density at radius 2 is 2.21 bits per heavy atom. The van der Waals surface area contributed by atoms with Gasteiger partial charge < -0.3 is 24.7 Å². The van der Waals surface area contributed by atoms with Gasteiger partial charge in [-0.05, 0) is 39.1 Å². The van der Waals surface area contributed by atoms with E-state index in [-0.39, 0.29) is 36.1 Å². The van der Waals surface area contributed by atoms with Crippen molar-refractivity contribution in [3.63, 3.8) is 0 Å². The summed E-state index contributed by atoms with van der Waals surface area (Å²) in [4.78, 5) is 23.7. The van der Waals surface area contributed by atoms with Gasteiger partial charge in [0, 0.05) is 19.6 Å². The number of rotatable bonds is 5. The zero-order chi connectivity index (χ0) is 20.1. The van der Waals surface area contributed by atoms with E-state index in [4.69, 9.17) is 9.15 Å². The summed E-state index contributed by atoms with van der Waals surface area (Å²) in [7, 11) is 0. The van der Waals surface area contributed by atoms with Crippen LogP contribution in [-0.4, -0.2) is 53.2 Å². The maximum atomic E-state index is 12.0. The molecule has 0 unspecified atom stereocenters. The highest BCUT2D eigenvalue weighted by Gasteiger charge is 2.34. The fraction of sp³-hybridized carbons (Fsp3) is 0.526. The fourth-order valence-electron chi connectivity index (χ4n) is 2.61. The van der Waals surface area contributed by atoms with Gasteiger partial charge in [-0.25, -0.2) is 14.8 Å². The smallest absolute Gasteiger partial charge is 0.410 e. The summed E-state index contributed by atoms with van der Waals surface area (Å²) in [6.07, 6.45) is 1.35. The number of hydrogen-bond donors (Lipinski definition) is 2. The summed E-state index contributed by atoms with van der Waals surface area (Å²) in [5, 5.41) is 8.55. The summed E-state index contributed by atoms with van der Waals surface area (Å²) >= 11 is 1.59. The van der Waals surface area contributed by atoms with Crippen molar-refractivity contribution < 1.29 is 13.9 Å². The minimum absolute atomic E-state index is 0. The van der Waals surface area contributed by atoms with E-state index in [1.165, 1.54) is 0 Å². The molecule has 2 N–H and O–H groups in total. The molecular weight excluding hydrogens is 505 g/mol. The first kappa shape index (κ1) is 23.5. The average Bonchev–Trinajstić information content (AvgIpc) is 3.24. The van der Waals surface area contributed by atoms with Crippen LogP contribution in [0, 0.1) is 0 Å². The lowest BCUT2D eigenvalue weighted by Crippen LogP contribution is -2.63. The highest BCUT2D eigenvalue weighted by atomic mass is 127. The fourth-order valence-corrected chi connectivity index (χ4v) is 3.27. The van der Waals surface area contributed by atoms with Crippen molar-refractivity contribution >= 4 is 47.4 Å². The number of guanidine groups is 1. The number of amides is 1. The Kier molecular flexibility index (Phi) is 8.32. The molecular formula is C19H28IN5O3S. The number of ether oxygens (including phenoxy) is 1. The lowest BCUT2D eigenvalue weighted by molar-refractivity contribution is 0.00701. The van der Waals surface area contributed by atoms with Gasteiger partial charge in [0.25, 0.3) is 0 Å². The summed E-state index contributed by atoms with van der Waals surface area (Å²) in [6, 6.07) is 4.08. The Morgan fingerprint density at radius 3 is 2.83 bits per heavy atom. The normalized spacial score (nSPS) is 14.8. The Bertz CT molecular complexity index is 810. The largest absolute Gasteiger partial charge is 0.444 e. The first-order valence-electron chi connectivity index (χ1n) is 9.35. The van der Waals surface area contributed by atoms with Gasteiger partial charge in [-0.3, -0.25) is 0 Å². The molecule has 29 heavy (non-hydrogen) atoms. The van der Waals surface area contributed by atoms with E-state index in [2.05, 4.69) is 20.6 Å². The van der Waals surface area contributed by atoms with Crippen LogP contribution in [0.4, 0.5) is 4.79 Å². The quantitative estimate of drug-likeness (QED) is 0.346. The molecule has 1 aliphatic heterocycles. The second kappa shape index (κ2) is 10.3. The summed E-state index contributed by atoms with van der Waals surface area (Å²) in [5.74, 6) is 1.31. The molecule has 1 amide bonds. The predicted octanol–water partition coefficient (Wildman–Crippen LogP) is 3.70. The van der Waals surface area contributed by atoms with Crippen LogP contribution in [0.2, 0.25) is 0 Å².